The summed E-state index contributed by atoms with van der Waals surface area (Å²) in [6.45, 7) is 1.64. The Morgan fingerprint density at radius 2 is 2.08 bits per heavy atom. The van der Waals surface area contributed by atoms with E-state index in [1.807, 2.05) is 0 Å². The molecule has 0 amide bonds. The maximum atomic E-state index is 12.1. The molecule has 0 aromatic heterocycles. The standard InChI is InChI=1S/C7H11F3O2/c1-5-2-3-12-6(11,4-5)7(8,9)10/h5,11H,2-4H2,1H3. The molecule has 2 nitrogen and oxygen atoms in total. The second-order valence-corrected chi connectivity index (χ2v) is 3.23. The Bertz CT molecular complexity index is 169. The third kappa shape index (κ3) is 1.72. The largest absolute Gasteiger partial charge is 0.443 e. The summed E-state index contributed by atoms with van der Waals surface area (Å²) in [7, 11) is 0. The zero-order chi connectivity index (χ0) is 9.41. The average Bonchev–Trinajstić information content (AvgIpc) is 1.83. The van der Waals surface area contributed by atoms with Gasteiger partial charge in [-0.05, 0) is 12.3 Å². The van der Waals surface area contributed by atoms with Gasteiger partial charge in [-0.1, -0.05) is 6.92 Å². The van der Waals surface area contributed by atoms with E-state index in [9.17, 15) is 13.2 Å². The molecule has 0 aromatic rings. The Hall–Kier alpha value is -0.290. The summed E-state index contributed by atoms with van der Waals surface area (Å²) in [5.41, 5.74) is 0. The van der Waals surface area contributed by atoms with Gasteiger partial charge in [0.15, 0.2) is 0 Å². The number of hydrogen-bond acceptors (Lipinski definition) is 2. The van der Waals surface area contributed by atoms with Crippen molar-refractivity contribution < 1.29 is 23.0 Å². The molecule has 5 heteroatoms. The molecule has 1 rings (SSSR count). The average molecular weight is 184 g/mol. The van der Waals surface area contributed by atoms with Crippen LogP contribution in [0.4, 0.5) is 13.2 Å². The van der Waals surface area contributed by atoms with Crippen molar-refractivity contribution in [3.63, 3.8) is 0 Å². The number of halogens is 3. The predicted octanol–water partition coefficient (Wildman–Crippen LogP) is 1.68. The summed E-state index contributed by atoms with van der Waals surface area (Å²) >= 11 is 0. The Kier molecular flexibility index (Phi) is 2.35. The molecular formula is C7H11F3O2. The van der Waals surface area contributed by atoms with E-state index >= 15 is 0 Å². The van der Waals surface area contributed by atoms with Crippen molar-refractivity contribution in [2.45, 2.75) is 31.7 Å². The monoisotopic (exact) mass is 184 g/mol. The Balaban J connectivity index is 2.70. The first-order valence-corrected chi connectivity index (χ1v) is 3.78. The van der Waals surface area contributed by atoms with Crippen LogP contribution in [0.15, 0.2) is 0 Å². The van der Waals surface area contributed by atoms with Crippen LogP contribution in [0.5, 0.6) is 0 Å². The zero-order valence-corrected chi connectivity index (χ0v) is 6.69. The summed E-state index contributed by atoms with van der Waals surface area (Å²) in [6, 6.07) is 0. The lowest BCUT2D eigenvalue weighted by Crippen LogP contribution is -2.51. The molecule has 0 aromatic carbocycles. The molecule has 0 spiro atoms. The van der Waals surface area contributed by atoms with Crippen molar-refractivity contribution in [1.82, 2.24) is 0 Å². The number of rotatable bonds is 0. The summed E-state index contributed by atoms with van der Waals surface area (Å²) < 4.78 is 40.7. The third-order valence-electron chi connectivity index (χ3n) is 2.02. The van der Waals surface area contributed by atoms with E-state index in [1.54, 1.807) is 6.92 Å². The van der Waals surface area contributed by atoms with Gasteiger partial charge in [0.25, 0.3) is 5.79 Å². The van der Waals surface area contributed by atoms with Crippen LogP contribution in [-0.4, -0.2) is 23.7 Å². The van der Waals surface area contributed by atoms with Crippen molar-refractivity contribution in [2.75, 3.05) is 6.61 Å². The highest BCUT2D eigenvalue weighted by Gasteiger charge is 2.56. The zero-order valence-electron chi connectivity index (χ0n) is 6.69. The van der Waals surface area contributed by atoms with E-state index < -0.39 is 12.0 Å². The lowest BCUT2D eigenvalue weighted by atomic mass is 9.95. The highest BCUT2D eigenvalue weighted by molar-refractivity contribution is 4.82. The van der Waals surface area contributed by atoms with Gasteiger partial charge in [0.05, 0.1) is 6.61 Å². The van der Waals surface area contributed by atoms with E-state index in [1.165, 1.54) is 0 Å². The van der Waals surface area contributed by atoms with Crippen LogP contribution in [0, 0.1) is 5.92 Å². The summed E-state index contributed by atoms with van der Waals surface area (Å²) in [5, 5.41) is 9.03. The summed E-state index contributed by atoms with van der Waals surface area (Å²) in [6.07, 6.45) is -4.48. The molecule has 1 aliphatic rings. The van der Waals surface area contributed by atoms with Crippen LogP contribution in [0.2, 0.25) is 0 Å². The van der Waals surface area contributed by atoms with Gasteiger partial charge in [-0.2, -0.15) is 13.2 Å². The highest BCUT2D eigenvalue weighted by atomic mass is 19.4. The fourth-order valence-corrected chi connectivity index (χ4v) is 1.26. The fraction of sp³-hybridized carbons (Fsp3) is 1.00. The van der Waals surface area contributed by atoms with E-state index in [2.05, 4.69) is 4.74 Å². The molecule has 1 saturated heterocycles. The van der Waals surface area contributed by atoms with Crippen molar-refractivity contribution in [1.29, 1.82) is 0 Å². The van der Waals surface area contributed by atoms with Gasteiger partial charge in [-0.15, -0.1) is 0 Å². The molecule has 72 valence electrons. The minimum atomic E-state index is -4.68. The van der Waals surface area contributed by atoms with Crippen LogP contribution in [0.25, 0.3) is 0 Å². The molecular weight excluding hydrogens is 173 g/mol. The Morgan fingerprint density at radius 1 is 1.50 bits per heavy atom. The van der Waals surface area contributed by atoms with E-state index in [0.29, 0.717) is 6.42 Å². The SMILES string of the molecule is CC1CCOC(O)(C(F)(F)F)C1. The van der Waals surface area contributed by atoms with Gasteiger partial charge >= 0.3 is 6.18 Å². The summed E-state index contributed by atoms with van der Waals surface area (Å²) in [4.78, 5) is 0. The molecule has 1 N–H and O–H groups in total. The maximum absolute atomic E-state index is 12.1. The first kappa shape index (κ1) is 9.80. The van der Waals surface area contributed by atoms with Crippen molar-refractivity contribution in [2.24, 2.45) is 5.92 Å². The van der Waals surface area contributed by atoms with E-state index in [-0.39, 0.29) is 18.9 Å². The van der Waals surface area contributed by atoms with Crippen LogP contribution >= 0.6 is 0 Å². The van der Waals surface area contributed by atoms with Gasteiger partial charge in [-0.3, -0.25) is 0 Å². The first-order valence-electron chi connectivity index (χ1n) is 3.78. The molecule has 2 atom stereocenters. The highest BCUT2D eigenvalue weighted by Crippen LogP contribution is 2.39. The summed E-state index contributed by atoms with van der Waals surface area (Å²) in [5.74, 6) is -3.06. The molecule has 12 heavy (non-hydrogen) atoms. The van der Waals surface area contributed by atoms with E-state index in [4.69, 9.17) is 5.11 Å². The van der Waals surface area contributed by atoms with Crippen LogP contribution in [0.1, 0.15) is 19.8 Å². The smallest absolute Gasteiger partial charge is 0.359 e. The second kappa shape index (κ2) is 2.88. The van der Waals surface area contributed by atoms with Gasteiger partial charge in [0, 0.05) is 6.42 Å². The van der Waals surface area contributed by atoms with Gasteiger partial charge in [0.2, 0.25) is 0 Å². The van der Waals surface area contributed by atoms with Crippen molar-refractivity contribution in [3.05, 3.63) is 0 Å². The molecule has 0 bridgehead atoms. The molecule has 0 radical (unpaired) electrons. The Morgan fingerprint density at radius 3 is 2.42 bits per heavy atom. The molecule has 1 fully saturated rings. The molecule has 0 saturated carbocycles. The van der Waals surface area contributed by atoms with Gasteiger partial charge < -0.3 is 9.84 Å². The predicted molar refractivity (Wildman–Crippen MR) is 35.4 cm³/mol. The van der Waals surface area contributed by atoms with Crippen LogP contribution in [0.3, 0.4) is 0 Å². The van der Waals surface area contributed by atoms with Crippen LogP contribution < -0.4 is 0 Å². The first-order chi connectivity index (χ1) is 5.35. The second-order valence-electron chi connectivity index (χ2n) is 3.23. The normalized spacial score (nSPS) is 38.2. The minimum absolute atomic E-state index is 0.0306. The molecule has 1 heterocycles. The fourth-order valence-electron chi connectivity index (χ4n) is 1.26. The quantitative estimate of drug-likeness (QED) is 0.620. The topological polar surface area (TPSA) is 29.5 Å². The Labute approximate surface area is 68.3 Å². The van der Waals surface area contributed by atoms with Crippen molar-refractivity contribution in [3.8, 4) is 0 Å². The lowest BCUT2D eigenvalue weighted by molar-refractivity contribution is -0.380. The number of aliphatic hydroxyl groups is 1. The number of hydrogen-bond donors (Lipinski definition) is 1. The molecule has 0 aliphatic carbocycles. The third-order valence-corrected chi connectivity index (χ3v) is 2.02. The van der Waals surface area contributed by atoms with Gasteiger partial charge in [-0.25, -0.2) is 0 Å². The van der Waals surface area contributed by atoms with Crippen molar-refractivity contribution >= 4 is 0 Å². The number of alkyl halides is 3. The molecule has 1 aliphatic heterocycles. The van der Waals surface area contributed by atoms with Gasteiger partial charge in [0.1, 0.15) is 0 Å². The van der Waals surface area contributed by atoms with E-state index in [0.717, 1.165) is 0 Å². The lowest BCUT2D eigenvalue weighted by Gasteiger charge is -2.36. The number of ether oxygens (including phenoxy) is 1. The minimum Gasteiger partial charge on any atom is -0.359 e. The molecule has 2 unspecified atom stereocenters. The van der Waals surface area contributed by atoms with Crippen LogP contribution in [-0.2, 0) is 4.74 Å². The maximum Gasteiger partial charge on any atom is 0.443 e.